The molecule has 3 heterocycles. The number of ether oxygens (including phenoxy) is 1. The molecule has 4 rings (SSSR count). The molecule has 0 aliphatic carbocycles. The molecule has 8 nitrogen and oxygen atoms in total. The third kappa shape index (κ3) is 4.82. The number of pyridine rings is 2. The van der Waals surface area contributed by atoms with Crippen LogP contribution in [0.5, 0.6) is 0 Å². The van der Waals surface area contributed by atoms with Crippen molar-refractivity contribution in [3.05, 3.63) is 60.0 Å². The van der Waals surface area contributed by atoms with Crippen LogP contribution in [0.25, 0.3) is 33.6 Å². The van der Waals surface area contributed by atoms with Gasteiger partial charge in [0.25, 0.3) is 0 Å². The summed E-state index contributed by atoms with van der Waals surface area (Å²) in [7, 11) is 0. The third-order valence-corrected chi connectivity index (χ3v) is 4.78. The molecule has 170 valence electrons. The molecule has 0 spiro atoms. The summed E-state index contributed by atoms with van der Waals surface area (Å²) in [6.45, 7) is 8.82. The number of nitrogens with zero attached hydrogens (tertiary/aromatic N) is 4. The maximum Gasteiger partial charge on any atom is 0.408 e. The lowest BCUT2D eigenvalue weighted by atomic mass is 9.94. The number of hydrogen-bond acceptors (Lipinski definition) is 7. The van der Waals surface area contributed by atoms with Crippen LogP contribution < -0.4 is 5.32 Å². The van der Waals surface area contributed by atoms with Crippen molar-refractivity contribution in [2.24, 2.45) is 0 Å². The van der Waals surface area contributed by atoms with Gasteiger partial charge in [-0.15, -0.1) is 10.2 Å². The number of aromatic nitrogens is 4. The van der Waals surface area contributed by atoms with Crippen molar-refractivity contribution in [3.8, 4) is 22.7 Å². The van der Waals surface area contributed by atoms with Gasteiger partial charge in [0.1, 0.15) is 11.4 Å². The summed E-state index contributed by atoms with van der Waals surface area (Å²) >= 11 is 0. The van der Waals surface area contributed by atoms with Gasteiger partial charge in [-0.2, -0.15) is 0 Å². The molecule has 1 aromatic carbocycles. The molecule has 1 amide bonds. The molecule has 1 unspecified atom stereocenters. The van der Waals surface area contributed by atoms with E-state index in [2.05, 4.69) is 20.5 Å². The number of hydrogen-bond donors (Lipinski definition) is 1. The van der Waals surface area contributed by atoms with E-state index in [1.165, 1.54) is 12.1 Å². The lowest BCUT2D eigenvalue weighted by Crippen LogP contribution is -2.34. The van der Waals surface area contributed by atoms with Gasteiger partial charge in [-0.3, -0.25) is 4.98 Å². The summed E-state index contributed by atoms with van der Waals surface area (Å²) in [5.41, 5.74) is 1.97. The Morgan fingerprint density at radius 2 is 1.94 bits per heavy atom. The monoisotopic (exact) mass is 449 g/mol. The number of benzene rings is 1. The lowest BCUT2D eigenvalue weighted by molar-refractivity contribution is 0.0507. The summed E-state index contributed by atoms with van der Waals surface area (Å²) in [5.74, 6) is 0.137. The molecule has 0 fully saturated rings. The Hall–Kier alpha value is -3.88. The van der Waals surface area contributed by atoms with Gasteiger partial charge in [-0.05, 0) is 58.0 Å². The van der Waals surface area contributed by atoms with Crippen LogP contribution in [0, 0.1) is 12.7 Å². The topological polar surface area (TPSA) is 103 Å². The molecule has 1 atom stereocenters. The van der Waals surface area contributed by atoms with Crippen LogP contribution in [0.4, 0.5) is 9.18 Å². The number of carbonyl (C=O) groups is 1. The number of fused-ring (bicyclic) bond motifs is 1. The molecular formula is C24H24FN5O3. The van der Waals surface area contributed by atoms with Gasteiger partial charge in [-0.25, -0.2) is 14.2 Å². The minimum Gasteiger partial charge on any atom is -0.444 e. The Bertz CT molecular complexity index is 1320. The fraction of sp³-hybridized carbons (Fsp3) is 0.292. The smallest absolute Gasteiger partial charge is 0.408 e. The van der Waals surface area contributed by atoms with Crippen molar-refractivity contribution >= 4 is 17.0 Å². The number of nitrogens with one attached hydrogen (secondary N) is 1. The predicted molar refractivity (Wildman–Crippen MR) is 121 cm³/mol. The fourth-order valence-electron chi connectivity index (χ4n) is 3.51. The molecule has 0 aliphatic rings. The first-order valence-corrected chi connectivity index (χ1v) is 10.5. The Kier molecular flexibility index (Phi) is 5.80. The van der Waals surface area contributed by atoms with Crippen molar-refractivity contribution in [1.82, 2.24) is 25.5 Å². The highest BCUT2D eigenvalue weighted by Crippen LogP contribution is 2.40. The average molecular weight is 449 g/mol. The van der Waals surface area contributed by atoms with Crippen molar-refractivity contribution in [2.45, 2.75) is 46.3 Å². The number of carbonyl (C=O) groups excluding carboxylic acids is 1. The van der Waals surface area contributed by atoms with Gasteiger partial charge in [0.15, 0.2) is 0 Å². The molecule has 0 bridgehead atoms. The summed E-state index contributed by atoms with van der Waals surface area (Å²) in [6.07, 6.45) is 1.06. The predicted octanol–water partition coefficient (Wildman–Crippen LogP) is 5.38. The maximum absolute atomic E-state index is 14.3. The van der Waals surface area contributed by atoms with E-state index in [9.17, 15) is 9.18 Å². The number of alkyl carbamates (subject to hydrolysis) is 1. The minimum atomic E-state index is -0.658. The normalized spacial score (nSPS) is 12.5. The van der Waals surface area contributed by atoms with Crippen LogP contribution >= 0.6 is 0 Å². The van der Waals surface area contributed by atoms with Crippen molar-refractivity contribution < 1.29 is 18.3 Å². The summed E-state index contributed by atoms with van der Waals surface area (Å²) < 4.78 is 25.4. The van der Waals surface area contributed by atoms with Gasteiger partial charge in [0, 0.05) is 24.1 Å². The molecule has 0 saturated heterocycles. The van der Waals surface area contributed by atoms with E-state index in [4.69, 9.17) is 14.1 Å². The van der Waals surface area contributed by atoms with Gasteiger partial charge in [-0.1, -0.05) is 6.07 Å². The van der Waals surface area contributed by atoms with E-state index in [1.807, 2.05) is 6.07 Å². The summed E-state index contributed by atoms with van der Waals surface area (Å²) in [5, 5.41) is 11.5. The second-order valence-corrected chi connectivity index (χ2v) is 8.62. The third-order valence-electron chi connectivity index (χ3n) is 4.78. The maximum atomic E-state index is 14.3. The first-order chi connectivity index (χ1) is 15.6. The standard InChI is InChI=1S/C24H24FN5O3/c1-13(27-23(31)33-24(3,4)5)21-20(18-8-6-7-11-26-18)19(22-30-29-14(2)32-22)16-12-15(25)9-10-17(16)28-21/h6-13H,1-5H3,(H,27,31). The average Bonchev–Trinajstić information content (AvgIpc) is 3.17. The van der Waals surface area contributed by atoms with Crippen molar-refractivity contribution in [3.63, 3.8) is 0 Å². The fourth-order valence-corrected chi connectivity index (χ4v) is 3.51. The number of rotatable bonds is 4. The molecule has 1 N–H and O–H groups in total. The van der Waals surface area contributed by atoms with E-state index in [1.54, 1.807) is 59.0 Å². The zero-order valence-electron chi connectivity index (χ0n) is 19.0. The van der Waals surface area contributed by atoms with E-state index in [0.29, 0.717) is 39.3 Å². The molecular weight excluding hydrogens is 425 g/mol. The Labute approximate surface area is 190 Å². The molecule has 3 aromatic heterocycles. The lowest BCUT2D eigenvalue weighted by Gasteiger charge is -2.23. The van der Waals surface area contributed by atoms with Crippen LogP contribution in [0.2, 0.25) is 0 Å². The van der Waals surface area contributed by atoms with E-state index in [-0.39, 0.29) is 5.89 Å². The van der Waals surface area contributed by atoms with Crippen molar-refractivity contribution in [2.75, 3.05) is 0 Å². The van der Waals surface area contributed by atoms with Crippen LogP contribution in [0.1, 0.15) is 45.3 Å². The quantitative estimate of drug-likeness (QED) is 0.446. The molecule has 33 heavy (non-hydrogen) atoms. The zero-order chi connectivity index (χ0) is 23.8. The van der Waals surface area contributed by atoms with Gasteiger partial charge in [0.05, 0.1) is 28.5 Å². The zero-order valence-corrected chi connectivity index (χ0v) is 19.0. The van der Waals surface area contributed by atoms with Crippen LogP contribution in [-0.2, 0) is 4.74 Å². The Morgan fingerprint density at radius 1 is 1.15 bits per heavy atom. The molecule has 4 aromatic rings. The van der Waals surface area contributed by atoms with E-state index >= 15 is 0 Å². The molecule has 0 aliphatic heterocycles. The molecule has 9 heteroatoms. The molecule has 0 radical (unpaired) electrons. The summed E-state index contributed by atoms with van der Waals surface area (Å²) in [4.78, 5) is 21.7. The first-order valence-electron chi connectivity index (χ1n) is 10.5. The molecule has 0 saturated carbocycles. The highest BCUT2D eigenvalue weighted by Gasteiger charge is 2.27. The first kappa shape index (κ1) is 22.3. The highest BCUT2D eigenvalue weighted by molar-refractivity contribution is 6.01. The van der Waals surface area contributed by atoms with E-state index in [0.717, 1.165) is 0 Å². The van der Waals surface area contributed by atoms with Gasteiger partial charge >= 0.3 is 6.09 Å². The number of aryl methyl sites for hydroxylation is 1. The Morgan fingerprint density at radius 3 is 2.58 bits per heavy atom. The highest BCUT2D eigenvalue weighted by atomic mass is 19.1. The number of amides is 1. The Balaban J connectivity index is 1.98. The van der Waals surface area contributed by atoms with Gasteiger partial charge in [0.2, 0.25) is 11.8 Å². The van der Waals surface area contributed by atoms with Gasteiger partial charge < -0.3 is 14.5 Å². The van der Waals surface area contributed by atoms with Crippen LogP contribution in [0.3, 0.4) is 0 Å². The van der Waals surface area contributed by atoms with Crippen LogP contribution in [-0.4, -0.2) is 31.9 Å². The minimum absolute atomic E-state index is 0.205. The second-order valence-electron chi connectivity index (χ2n) is 8.62. The second kappa shape index (κ2) is 8.57. The van der Waals surface area contributed by atoms with E-state index < -0.39 is 23.6 Å². The SMILES string of the molecule is Cc1nnc(-c2c(-c3ccccn3)c(C(C)NC(=O)OC(C)(C)C)nc3ccc(F)cc23)o1. The van der Waals surface area contributed by atoms with Crippen molar-refractivity contribution in [1.29, 1.82) is 0 Å². The largest absolute Gasteiger partial charge is 0.444 e. The van der Waals surface area contributed by atoms with Crippen LogP contribution in [0.15, 0.2) is 47.0 Å². The summed E-state index contributed by atoms with van der Waals surface area (Å²) in [6, 6.07) is 9.12. The number of halogens is 1.